The molecule has 1 fully saturated rings. The third-order valence-corrected chi connectivity index (χ3v) is 3.73. The minimum absolute atomic E-state index is 0.545. The first-order valence-corrected chi connectivity index (χ1v) is 7.99. The number of ether oxygens (including phenoxy) is 2. The molecule has 0 heterocycles. The van der Waals surface area contributed by atoms with Crippen LogP contribution in [0.3, 0.4) is 0 Å². The van der Waals surface area contributed by atoms with Gasteiger partial charge in [-0.05, 0) is 25.3 Å². The maximum absolute atomic E-state index is 5.69. The molecule has 2 atom stereocenters. The van der Waals surface area contributed by atoms with E-state index in [1.165, 1.54) is 6.42 Å². The van der Waals surface area contributed by atoms with Gasteiger partial charge in [-0.25, -0.2) is 0 Å². The maximum atomic E-state index is 5.69. The Bertz CT molecular complexity index is 491. The van der Waals surface area contributed by atoms with Crippen molar-refractivity contribution in [1.29, 1.82) is 0 Å². The van der Waals surface area contributed by atoms with Gasteiger partial charge in [-0.1, -0.05) is 25.1 Å². The highest BCUT2D eigenvalue weighted by atomic mass is 16.5. The van der Waals surface area contributed by atoms with Crippen molar-refractivity contribution in [2.24, 2.45) is 10.9 Å². The van der Waals surface area contributed by atoms with Gasteiger partial charge in [-0.2, -0.15) is 0 Å². The Morgan fingerprint density at radius 3 is 2.82 bits per heavy atom. The molecule has 2 N–H and O–H groups in total. The van der Waals surface area contributed by atoms with Crippen LogP contribution in [0, 0.1) is 5.92 Å². The Kier molecular flexibility index (Phi) is 6.52. The van der Waals surface area contributed by atoms with Crippen LogP contribution in [0.1, 0.15) is 25.8 Å². The van der Waals surface area contributed by atoms with E-state index in [1.54, 1.807) is 7.11 Å². The first-order valence-electron chi connectivity index (χ1n) is 7.99. The number of para-hydroxylation sites is 1. The molecule has 5 heteroatoms. The summed E-state index contributed by atoms with van der Waals surface area (Å²) in [4.78, 5) is 4.54. The van der Waals surface area contributed by atoms with Gasteiger partial charge in [-0.3, -0.25) is 4.99 Å². The quantitative estimate of drug-likeness (QED) is 0.439. The molecule has 2 rings (SSSR count). The summed E-state index contributed by atoms with van der Waals surface area (Å²) < 4.78 is 11.0. The van der Waals surface area contributed by atoms with Crippen LogP contribution in [0.4, 0.5) is 0 Å². The van der Waals surface area contributed by atoms with Crippen molar-refractivity contribution in [1.82, 2.24) is 10.6 Å². The largest absolute Gasteiger partial charge is 0.496 e. The number of aliphatic imine (C=N–C) groups is 1. The van der Waals surface area contributed by atoms with Crippen LogP contribution in [0.2, 0.25) is 0 Å². The molecular weight excluding hydrogens is 278 g/mol. The second kappa shape index (κ2) is 8.63. The fourth-order valence-electron chi connectivity index (χ4n) is 2.25. The molecule has 0 spiro atoms. The SMILES string of the molecule is CCNC(=NCCOCc1ccccc1OC)NC1CC1C. The lowest BCUT2D eigenvalue weighted by Gasteiger charge is -2.11. The molecule has 1 saturated carbocycles. The molecule has 0 saturated heterocycles. The Morgan fingerprint density at radius 2 is 2.14 bits per heavy atom. The molecule has 0 bridgehead atoms. The minimum atomic E-state index is 0.545. The zero-order chi connectivity index (χ0) is 15.8. The fraction of sp³-hybridized carbons (Fsp3) is 0.588. The van der Waals surface area contributed by atoms with Gasteiger partial charge in [0.2, 0.25) is 0 Å². The molecule has 0 radical (unpaired) electrons. The first kappa shape index (κ1) is 16.6. The van der Waals surface area contributed by atoms with E-state index >= 15 is 0 Å². The topological polar surface area (TPSA) is 54.9 Å². The molecule has 1 aromatic rings. The first-order chi connectivity index (χ1) is 10.7. The molecule has 1 aliphatic rings. The van der Waals surface area contributed by atoms with E-state index in [4.69, 9.17) is 9.47 Å². The van der Waals surface area contributed by atoms with Crippen LogP contribution in [0.5, 0.6) is 5.75 Å². The van der Waals surface area contributed by atoms with Crippen LogP contribution in [0.15, 0.2) is 29.3 Å². The lowest BCUT2D eigenvalue weighted by Crippen LogP contribution is -2.39. The zero-order valence-corrected chi connectivity index (χ0v) is 13.8. The van der Waals surface area contributed by atoms with Crippen LogP contribution in [-0.2, 0) is 11.3 Å². The second-order valence-electron chi connectivity index (χ2n) is 5.59. The number of benzene rings is 1. The summed E-state index contributed by atoms with van der Waals surface area (Å²) in [6.07, 6.45) is 1.23. The molecule has 2 unspecified atom stereocenters. The summed E-state index contributed by atoms with van der Waals surface area (Å²) >= 11 is 0. The smallest absolute Gasteiger partial charge is 0.191 e. The predicted octanol–water partition coefficient (Wildman–Crippen LogP) is 2.18. The average molecular weight is 305 g/mol. The number of rotatable bonds is 8. The van der Waals surface area contributed by atoms with Gasteiger partial charge in [0.1, 0.15) is 5.75 Å². The van der Waals surface area contributed by atoms with Gasteiger partial charge in [0.25, 0.3) is 0 Å². The summed E-state index contributed by atoms with van der Waals surface area (Å²) in [6, 6.07) is 8.49. The molecule has 22 heavy (non-hydrogen) atoms. The van der Waals surface area contributed by atoms with Gasteiger partial charge < -0.3 is 20.1 Å². The Labute approximate surface area is 133 Å². The van der Waals surface area contributed by atoms with Crippen molar-refractivity contribution in [2.75, 3.05) is 26.8 Å². The molecular formula is C17H27N3O2. The van der Waals surface area contributed by atoms with Gasteiger partial charge in [-0.15, -0.1) is 0 Å². The summed E-state index contributed by atoms with van der Waals surface area (Å²) in [5.41, 5.74) is 1.06. The number of methoxy groups -OCH3 is 1. The summed E-state index contributed by atoms with van der Waals surface area (Å²) in [5, 5.41) is 6.70. The van der Waals surface area contributed by atoms with Crippen molar-refractivity contribution in [3.8, 4) is 5.75 Å². The van der Waals surface area contributed by atoms with Crippen molar-refractivity contribution >= 4 is 5.96 Å². The van der Waals surface area contributed by atoms with Crippen molar-refractivity contribution in [2.45, 2.75) is 32.9 Å². The van der Waals surface area contributed by atoms with E-state index in [0.29, 0.717) is 25.8 Å². The predicted molar refractivity (Wildman–Crippen MR) is 89.3 cm³/mol. The summed E-state index contributed by atoms with van der Waals surface area (Å²) in [5.74, 6) is 2.51. The van der Waals surface area contributed by atoms with E-state index in [-0.39, 0.29) is 0 Å². The number of nitrogens with zero attached hydrogens (tertiary/aromatic N) is 1. The van der Waals surface area contributed by atoms with Gasteiger partial charge in [0.05, 0.1) is 26.9 Å². The number of nitrogens with one attached hydrogen (secondary N) is 2. The Balaban J connectivity index is 1.71. The maximum Gasteiger partial charge on any atom is 0.191 e. The van der Waals surface area contributed by atoms with Crippen molar-refractivity contribution in [3.05, 3.63) is 29.8 Å². The van der Waals surface area contributed by atoms with Crippen LogP contribution < -0.4 is 15.4 Å². The highest BCUT2D eigenvalue weighted by Gasteiger charge is 2.33. The summed E-state index contributed by atoms with van der Waals surface area (Å²) in [6.45, 7) is 6.97. The van der Waals surface area contributed by atoms with Crippen molar-refractivity contribution < 1.29 is 9.47 Å². The van der Waals surface area contributed by atoms with Crippen LogP contribution in [0.25, 0.3) is 0 Å². The van der Waals surface area contributed by atoms with E-state index in [2.05, 4.69) is 29.5 Å². The van der Waals surface area contributed by atoms with Gasteiger partial charge in [0.15, 0.2) is 5.96 Å². The molecule has 5 nitrogen and oxygen atoms in total. The molecule has 1 aliphatic carbocycles. The fourth-order valence-corrected chi connectivity index (χ4v) is 2.25. The highest BCUT2D eigenvalue weighted by molar-refractivity contribution is 5.80. The molecule has 1 aromatic carbocycles. The van der Waals surface area contributed by atoms with Gasteiger partial charge >= 0.3 is 0 Å². The van der Waals surface area contributed by atoms with E-state index in [9.17, 15) is 0 Å². The third-order valence-electron chi connectivity index (χ3n) is 3.73. The molecule has 0 aliphatic heterocycles. The molecule has 0 aromatic heterocycles. The average Bonchev–Trinajstić information content (AvgIpc) is 3.22. The van der Waals surface area contributed by atoms with Crippen LogP contribution >= 0.6 is 0 Å². The third kappa shape index (κ3) is 5.22. The minimum Gasteiger partial charge on any atom is -0.496 e. The number of guanidine groups is 1. The highest BCUT2D eigenvalue weighted by Crippen LogP contribution is 2.28. The summed E-state index contributed by atoms with van der Waals surface area (Å²) in [7, 11) is 1.68. The molecule has 122 valence electrons. The number of hydrogen-bond donors (Lipinski definition) is 2. The Hall–Kier alpha value is -1.75. The zero-order valence-electron chi connectivity index (χ0n) is 13.8. The number of hydrogen-bond acceptors (Lipinski definition) is 3. The van der Waals surface area contributed by atoms with Gasteiger partial charge in [0, 0.05) is 18.2 Å². The van der Waals surface area contributed by atoms with Crippen molar-refractivity contribution in [3.63, 3.8) is 0 Å². The second-order valence-corrected chi connectivity index (χ2v) is 5.59. The van der Waals surface area contributed by atoms with E-state index < -0.39 is 0 Å². The lowest BCUT2D eigenvalue weighted by atomic mass is 10.2. The van der Waals surface area contributed by atoms with E-state index in [1.807, 2.05) is 24.3 Å². The lowest BCUT2D eigenvalue weighted by molar-refractivity contribution is 0.126. The normalized spacial score (nSPS) is 20.6. The Morgan fingerprint density at radius 1 is 1.36 bits per heavy atom. The standard InChI is InChI=1S/C17H27N3O2/c1-4-18-17(20-15-11-13(15)2)19-9-10-22-12-14-7-5-6-8-16(14)21-3/h5-8,13,15H,4,9-12H2,1-3H3,(H2,18,19,20). The molecule has 0 amide bonds. The van der Waals surface area contributed by atoms with Crippen LogP contribution in [-0.4, -0.2) is 38.8 Å². The monoisotopic (exact) mass is 305 g/mol. The van der Waals surface area contributed by atoms with E-state index in [0.717, 1.165) is 29.7 Å².